The van der Waals surface area contributed by atoms with Crippen molar-refractivity contribution >= 4 is 54.9 Å². The van der Waals surface area contributed by atoms with E-state index in [1.54, 1.807) is 12.3 Å². The molecule has 0 unspecified atom stereocenters. The van der Waals surface area contributed by atoms with Gasteiger partial charge in [-0.3, -0.25) is 10.1 Å². The van der Waals surface area contributed by atoms with Crippen LogP contribution in [0.15, 0.2) is 33.5 Å². The minimum absolute atomic E-state index is 0.0711. The summed E-state index contributed by atoms with van der Waals surface area (Å²) in [5, 5.41) is 10.2. The van der Waals surface area contributed by atoms with Gasteiger partial charge in [-0.2, -0.15) is 0 Å². The van der Waals surface area contributed by atoms with E-state index in [9.17, 15) is 10.1 Å². The number of pyridine rings is 2. The van der Waals surface area contributed by atoms with Gasteiger partial charge in [0.15, 0.2) is 0 Å². The first-order valence-electron chi connectivity index (χ1n) is 5.03. The number of rotatable bonds is 1. The Morgan fingerprint density at radius 1 is 1.00 bits per heavy atom. The molecule has 0 atom stereocenters. The van der Waals surface area contributed by atoms with Crippen LogP contribution in [0.25, 0.3) is 0 Å². The fraction of sp³-hybridized carbons (Fsp3) is 0. The first-order chi connectivity index (χ1) is 9.31. The van der Waals surface area contributed by atoms with Gasteiger partial charge < -0.3 is 17.2 Å². The lowest BCUT2D eigenvalue weighted by Crippen LogP contribution is -1.97. The molecule has 6 N–H and O–H groups in total. The van der Waals surface area contributed by atoms with E-state index in [1.807, 2.05) is 0 Å². The average Bonchev–Trinajstić information content (AvgIpc) is 2.38. The van der Waals surface area contributed by atoms with E-state index in [1.165, 1.54) is 12.3 Å². The zero-order valence-corrected chi connectivity index (χ0v) is 13.1. The first kappa shape index (κ1) is 16.1. The zero-order chi connectivity index (χ0) is 15.3. The zero-order valence-electron chi connectivity index (χ0n) is 9.96. The number of nitrogen functional groups attached to an aromatic ring is 3. The van der Waals surface area contributed by atoms with E-state index in [2.05, 4.69) is 41.8 Å². The third-order valence-electron chi connectivity index (χ3n) is 1.98. The molecule has 0 aliphatic rings. The number of halogens is 2. The highest BCUT2D eigenvalue weighted by Crippen LogP contribution is 2.22. The number of nitrogens with zero attached hydrogens (tertiary/aromatic N) is 3. The standard InChI is InChI=1S/C5H4BrN3O2.C5H6BrN3/c6-3-1-4(9(10)11)5(7)8-2-3;6-3-1-4(7)5(8)9-2-3/h1-2H,(H2,7,8);1-2H,7H2,(H2,8,9). The van der Waals surface area contributed by atoms with Crippen LogP contribution in [-0.4, -0.2) is 14.9 Å². The summed E-state index contributed by atoms with van der Waals surface area (Å²) < 4.78 is 1.38. The summed E-state index contributed by atoms with van der Waals surface area (Å²) in [7, 11) is 0. The predicted octanol–water partition coefficient (Wildman–Crippen LogP) is 2.34. The normalized spacial score (nSPS) is 9.50. The van der Waals surface area contributed by atoms with Gasteiger partial charge in [-0.15, -0.1) is 0 Å². The van der Waals surface area contributed by atoms with Crippen molar-refractivity contribution in [2.24, 2.45) is 0 Å². The van der Waals surface area contributed by atoms with Crippen LogP contribution in [0.3, 0.4) is 0 Å². The Kier molecular flexibility index (Phi) is 5.65. The molecule has 0 bridgehead atoms. The van der Waals surface area contributed by atoms with Crippen LogP contribution in [-0.2, 0) is 0 Å². The monoisotopic (exact) mass is 404 g/mol. The summed E-state index contributed by atoms with van der Waals surface area (Å²) in [5.74, 6) is 0.302. The molecule has 0 aliphatic heterocycles. The summed E-state index contributed by atoms with van der Waals surface area (Å²) >= 11 is 6.24. The van der Waals surface area contributed by atoms with Crippen molar-refractivity contribution in [2.45, 2.75) is 0 Å². The molecule has 0 radical (unpaired) electrons. The molecule has 10 heteroatoms. The van der Waals surface area contributed by atoms with Crippen molar-refractivity contribution in [3.8, 4) is 0 Å². The second kappa shape index (κ2) is 7.01. The Bertz CT molecular complexity index is 637. The minimum atomic E-state index is -0.576. The maximum atomic E-state index is 10.2. The molecule has 0 saturated carbocycles. The molecule has 2 aromatic heterocycles. The molecule has 2 rings (SSSR count). The number of nitro groups is 1. The lowest BCUT2D eigenvalue weighted by Gasteiger charge is -1.96. The van der Waals surface area contributed by atoms with Crippen LogP contribution in [0.2, 0.25) is 0 Å². The van der Waals surface area contributed by atoms with Gasteiger partial charge in [0, 0.05) is 27.4 Å². The second-order valence-corrected chi connectivity index (χ2v) is 5.27. The lowest BCUT2D eigenvalue weighted by molar-refractivity contribution is -0.384. The highest BCUT2D eigenvalue weighted by Gasteiger charge is 2.11. The van der Waals surface area contributed by atoms with E-state index in [4.69, 9.17) is 17.2 Å². The fourth-order valence-corrected chi connectivity index (χ4v) is 1.72. The van der Waals surface area contributed by atoms with Gasteiger partial charge in [0.05, 0.1) is 10.6 Å². The van der Waals surface area contributed by atoms with Gasteiger partial charge in [0.25, 0.3) is 0 Å². The van der Waals surface area contributed by atoms with Gasteiger partial charge in [0.2, 0.25) is 5.82 Å². The van der Waals surface area contributed by atoms with Crippen molar-refractivity contribution in [3.05, 3.63) is 43.6 Å². The summed E-state index contributed by atoms with van der Waals surface area (Å²) in [6.07, 6.45) is 3.01. The van der Waals surface area contributed by atoms with Gasteiger partial charge >= 0.3 is 5.69 Å². The third kappa shape index (κ3) is 4.63. The molecule has 0 fully saturated rings. The molecule has 0 saturated heterocycles. The van der Waals surface area contributed by atoms with Crippen molar-refractivity contribution in [2.75, 3.05) is 17.2 Å². The van der Waals surface area contributed by atoms with Gasteiger partial charge in [-0.25, -0.2) is 9.97 Å². The Labute approximate surface area is 130 Å². The third-order valence-corrected chi connectivity index (χ3v) is 2.84. The number of hydrogen-bond donors (Lipinski definition) is 3. The highest BCUT2D eigenvalue weighted by atomic mass is 79.9. The maximum absolute atomic E-state index is 10.2. The molecule has 0 aromatic carbocycles. The summed E-state index contributed by atoms with van der Waals surface area (Å²) in [6.45, 7) is 0. The smallest absolute Gasteiger partial charge is 0.312 e. The topological polar surface area (TPSA) is 147 Å². The van der Waals surface area contributed by atoms with Crippen molar-refractivity contribution in [1.29, 1.82) is 0 Å². The molecule has 8 nitrogen and oxygen atoms in total. The van der Waals surface area contributed by atoms with Crippen molar-refractivity contribution in [1.82, 2.24) is 9.97 Å². The van der Waals surface area contributed by atoms with Crippen LogP contribution in [0.1, 0.15) is 0 Å². The first-order valence-corrected chi connectivity index (χ1v) is 6.61. The van der Waals surface area contributed by atoms with Crippen LogP contribution in [0, 0.1) is 10.1 Å². The lowest BCUT2D eigenvalue weighted by atomic mass is 10.4. The quantitative estimate of drug-likeness (QED) is 0.487. The van der Waals surface area contributed by atoms with Crippen LogP contribution in [0.5, 0.6) is 0 Å². The number of hydrogen-bond acceptors (Lipinski definition) is 7. The van der Waals surface area contributed by atoms with Crippen molar-refractivity contribution < 1.29 is 4.92 Å². The Hall–Kier alpha value is -1.94. The minimum Gasteiger partial charge on any atom is -0.396 e. The number of aromatic nitrogens is 2. The summed E-state index contributed by atoms with van der Waals surface area (Å²) in [4.78, 5) is 17.0. The average molecular weight is 406 g/mol. The molecular formula is C10H10Br2N6O2. The molecule has 106 valence electrons. The molecule has 0 spiro atoms. The number of anilines is 3. The van der Waals surface area contributed by atoms with Gasteiger partial charge in [0.1, 0.15) is 5.82 Å². The van der Waals surface area contributed by atoms with Crippen molar-refractivity contribution in [3.63, 3.8) is 0 Å². The van der Waals surface area contributed by atoms with Crippen LogP contribution < -0.4 is 17.2 Å². The van der Waals surface area contributed by atoms with E-state index in [0.29, 0.717) is 16.0 Å². The second-order valence-electron chi connectivity index (χ2n) is 3.44. The summed E-state index contributed by atoms with van der Waals surface area (Å²) in [6, 6.07) is 3.02. The Morgan fingerprint density at radius 3 is 1.90 bits per heavy atom. The molecule has 2 heterocycles. The highest BCUT2D eigenvalue weighted by molar-refractivity contribution is 9.10. The molecule has 0 aliphatic carbocycles. The SMILES string of the molecule is Nc1cc(Br)cnc1N.Nc1ncc(Br)cc1[N+](=O)[O-]. The molecule has 2 aromatic rings. The van der Waals surface area contributed by atoms with E-state index in [-0.39, 0.29) is 11.5 Å². The fourth-order valence-electron chi connectivity index (χ4n) is 1.05. The molecule has 20 heavy (non-hydrogen) atoms. The number of nitrogens with two attached hydrogens (primary N) is 3. The largest absolute Gasteiger partial charge is 0.396 e. The van der Waals surface area contributed by atoms with Gasteiger partial charge in [-0.1, -0.05) is 0 Å². The van der Waals surface area contributed by atoms with E-state index < -0.39 is 4.92 Å². The molecular weight excluding hydrogens is 396 g/mol. The van der Waals surface area contributed by atoms with Crippen LogP contribution in [0.4, 0.5) is 23.0 Å². The predicted molar refractivity (Wildman–Crippen MR) is 83.8 cm³/mol. The Morgan fingerprint density at radius 2 is 1.50 bits per heavy atom. The summed E-state index contributed by atoms with van der Waals surface area (Å²) in [5.41, 5.74) is 16.3. The van der Waals surface area contributed by atoms with E-state index >= 15 is 0 Å². The Balaban J connectivity index is 0.000000204. The van der Waals surface area contributed by atoms with Gasteiger partial charge in [-0.05, 0) is 37.9 Å². The maximum Gasteiger partial charge on any atom is 0.312 e. The van der Waals surface area contributed by atoms with E-state index in [0.717, 1.165) is 4.47 Å². The molecule has 0 amide bonds. The van der Waals surface area contributed by atoms with Crippen LogP contribution >= 0.6 is 31.9 Å².